The quantitative estimate of drug-likeness (QED) is 0.252. The fourth-order valence-electron chi connectivity index (χ4n) is 2.64. The van der Waals surface area contributed by atoms with Crippen LogP contribution >= 0.6 is 23.4 Å². The van der Waals surface area contributed by atoms with Crippen molar-refractivity contribution in [3.05, 3.63) is 59.1 Å². The maximum absolute atomic E-state index is 12.8. The van der Waals surface area contributed by atoms with Crippen molar-refractivity contribution < 1.29 is 19.5 Å². The first-order valence-corrected chi connectivity index (χ1v) is 9.51. The van der Waals surface area contributed by atoms with Gasteiger partial charge in [0, 0.05) is 6.42 Å². The average Bonchev–Trinajstić information content (AvgIpc) is 2.97. The fraction of sp³-hybridized carbons (Fsp3) is 0.105. The van der Waals surface area contributed by atoms with Crippen molar-refractivity contribution in [1.29, 1.82) is 5.26 Å². The topological polar surface area (TPSA) is 123 Å². The summed E-state index contributed by atoms with van der Waals surface area (Å²) >= 11 is 7.03. The lowest BCUT2D eigenvalue weighted by atomic mass is 10.2. The summed E-state index contributed by atoms with van der Waals surface area (Å²) < 4.78 is 0. The minimum absolute atomic E-state index is 0.0474. The van der Waals surface area contributed by atoms with Crippen LogP contribution < -0.4 is 10.2 Å². The van der Waals surface area contributed by atoms with Gasteiger partial charge in [-0.3, -0.25) is 14.9 Å². The lowest BCUT2D eigenvalue weighted by Gasteiger charge is -2.15. The molecule has 1 aliphatic heterocycles. The molecule has 0 bridgehead atoms. The minimum Gasteiger partial charge on any atom is -0.478 e. The SMILES string of the molecule is N#CNC(=Nc1ccccc1Cl)SC1CC(=O)N(c2ccc(C(=O)O)cc2)C1=O. The molecule has 8 nitrogen and oxygen atoms in total. The predicted octanol–water partition coefficient (Wildman–Crippen LogP) is 3.16. The number of imide groups is 1. The summed E-state index contributed by atoms with van der Waals surface area (Å²) in [5.74, 6) is -2.01. The number of amides is 2. The molecular formula is C19H13ClN4O4S. The van der Waals surface area contributed by atoms with Crippen LogP contribution in [0.2, 0.25) is 5.02 Å². The first-order valence-electron chi connectivity index (χ1n) is 8.26. The molecule has 0 spiro atoms. The molecule has 1 unspecified atom stereocenters. The molecule has 0 aromatic heterocycles. The summed E-state index contributed by atoms with van der Waals surface area (Å²) in [5.41, 5.74) is 0.745. The van der Waals surface area contributed by atoms with Gasteiger partial charge in [0.2, 0.25) is 11.8 Å². The third-order valence-electron chi connectivity index (χ3n) is 3.97. The number of amidine groups is 1. The van der Waals surface area contributed by atoms with Gasteiger partial charge in [-0.25, -0.2) is 14.7 Å². The third kappa shape index (κ3) is 4.56. The zero-order valence-corrected chi connectivity index (χ0v) is 16.3. The number of hydrogen-bond acceptors (Lipinski definition) is 6. The molecule has 146 valence electrons. The largest absolute Gasteiger partial charge is 0.478 e. The number of halogens is 1. The maximum Gasteiger partial charge on any atom is 0.335 e. The van der Waals surface area contributed by atoms with E-state index in [1.165, 1.54) is 24.3 Å². The number of nitrogens with one attached hydrogen (secondary N) is 1. The second-order valence-corrected chi connectivity index (χ2v) is 7.43. The molecule has 0 saturated carbocycles. The van der Waals surface area contributed by atoms with Crippen LogP contribution in [0.15, 0.2) is 53.5 Å². The predicted molar refractivity (Wildman–Crippen MR) is 109 cm³/mol. The number of hydrogen-bond donors (Lipinski definition) is 2. The summed E-state index contributed by atoms with van der Waals surface area (Å²) in [6.45, 7) is 0. The highest BCUT2D eigenvalue weighted by Gasteiger charge is 2.40. The number of nitriles is 1. The fourth-order valence-corrected chi connectivity index (χ4v) is 3.77. The Morgan fingerprint density at radius 2 is 1.93 bits per heavy atom. The van der Waals surface area contributed by atoms with Crippen LogP contribution in [-0.4, -0.2) is 33.3 Å². The normalized spacial score (nSPS) is 16.6. The number of nitrogens with zero attached hydrogens (tertiary/aromatic N) is 3. The van der Waals surface area contributed by atoms with Crippen molar-refractivity contribution in [2.75, 3.05) is 4.90 Å². The molecular weight excluding hydrogens is 416 g/mol. The second-order valence-electron chi connectivity index (χ2n) is 5.84. The highest BCUT2D eigenvalue weighted by molar-refractivity contribution is 8.15. The van der Waals surface area contributed by atoms with Crippen molar-refractivity contribution in [3.63, 3.8) is 0 Å². The van der Waals surface area contributed by atoms with E-state index >= 15 is 0 Å². The van der Waals surface area contributed by atoms with Crippen LogP contribution in [0.25, 0.3) is 0 Å². The maximum atomic E-state index is 12.8. The van der Waals surface area contributed by atoms with Crippen LogP contribution in [0.4, 0.5) is 11.4 Å². The van der Waals surface area contributed by atoms with E-state index in [0.29, 0.717) is 10.7 Å². The first kappa shape index (κ1) is 20.4. The Labute approximate surface area is 174 Å². The molecule has 29 heavy (non-hydrogen) atoms. The Bertz CT molecular complexity index is 1050. The summed E-state index contributed by atoms with van der Waals surface area (Å²) in [6.07, 6.45) is 1.67. The minimum atomic E-state index is -1.10. The molecule has 10 heteroatoms. The van der Waals surface area contributed by atoms with Gasteiger partial charge in [0.05, 0.1) is 22.0 Å². The van der Waals surface area contributed by atoms with Gasteiger partial charge < -0.3 is 5.11 Å². The Hall–Kier alpha value is -3.35. The molecule has 2 aromatic carbocycles. The Morgan fingerprint density at radius 3 is 2.55 bits per heavy atom. The molecule has 1 saturated heterocycles. The number of carbonyl (C=O) groups is 3. The number of carbonyl (C=O) groups excluding carboxylic acids is 2. The van der Waals surface area contributed by atoms with E-state index in [9.17, 15) is 14.4 Å². The molecule has 1 fully saturated rings. The van der Waals surface area contributed by atoms with E-state index in [-0.39, 0.29) is 22.8 Å². The van der Waals surface area contributed by atoms with E-state index in [4.69, 9.17) is 22.0 Å². The van der Waals surface area contributed by atoms with E-state index in [2.05, 4.69) is 10.3 Å². The van der Waals surface area contributed by atoms with Crippen LogP contribution in [0.5, 0.6) is 0 Å². The number of aliphatic imine (C=N–C) groups is 1. The average molecular weight is 429 g/mol. The Morgan fingerprint density at radius 1 is 1.24 bits per heavy atom. The van der Waals surface area contributed by atoms with E-state index in [0.717, 1.165) is 16.7 Å². The molecule has 0 radical (unpaired) electrons. The highest BCUT2D eigenvalue weighted by atomic mass is 35.5. The van der Waals surface area contributed by atoms with Crippen molar-refractivity contribution in [1.82, 2.24) is 5.32 Å². The van der Waals surface area contributed by atoms with Crippen molar-refractivity contribution >= 4 is 57.7 Å². The van der Waals surface area contributed by atoms with Crippen LogP contribution in [0.1, 0.15) is 16.8 Å². The number of rotatable bonds is 4. The van der Waals surface area contributed by atoms with Gasteiger partial charge in [0.1, 0.15) is 5.25 Å². The first-order chi connectivity index (χ1) is 13.9. The molecule has 2 N–H and O–H groups in total. The zero-order chi connectivity index (χ0) is 21.0. The molecule has 2 amide bonds. The number of carboxylic acids is 1. The van der Waals surface area contributed by atoms with Crippen LogP contribution in [0, 0.1) is 11.5 Å². The number of carboxylic acid groups (broad SMARTS) is 1. The molecule has 3 rings (SSSR count). The van der Waals surface area contributed by atoms with Gasteiger partial charge in [0.15, 0.2) is 11.4 Å². The molecule has 1 aliphatic rings. The van der Waals surface area contributed by atoms with Crippen LogP contribution in [-0.2, 0) is 9.59 Å². The monoisotopic (exact) mass is 428 g/mol. The summed E-state index contributed by atoms with van der Waals surface area (Å²) in [4.78, 5) is 41.4. The lowest BCUT2D eigenvalue weighted by Crippen LogP contribution is -2.32. The van der Waals surface area contributed by atoms with Gasteiger partial charge in [-0.1, -0.05) is 35.5 Å². The Balaban J connectivity index is 1.81. The number of benzene rings is 2. The molecule has 1 heterocycles. The van der Waals surface area contributed by atoms with Crippen molar-refractivity contribution in [2.45, 2.75) is 11.7 Å². The number of thioether (sulfide) groups is 1. The van der Waals surface area contributed by atoms with Crippen LogP contribution in [0.3, 0.4) is 0 Å². The summed E-state index contributed by atoms with van der Waals surface area (Å²) in [5, 5.41) is 20.1. The lowest BCUT2D eigenvalue weighted by molar-refractivity contribution is -0.121. The van der Waals surface area contributed by atoms with E-state index in [1.54, 1.807) is 30.5 Å². The van der Waals surface area contributed by atoms with Crippen molar-refractivity contribution in [2.24, 2.45) is 4.99 Å². The standard InChI is InChI=1S/C19H13ClN4O4S/c20-13-3-1-2-4-14(13)23-19(22-10-21)29-15-9-16(25)24(17(15)26)12-7-5-11(6-8-12)18(27)28/h1-8,15H,9H2,(H,22,23)(H,27,28). The smallest absolute Gasteiger partial charge is 0.335 e. The summed E-state index contributed by atoms with van der Waals surface area (Å²) in [6, 6.07) is 12.2. The van der Waals surface area contributed by atoms with Gasteiger partial charge in [0.25, 0.3) is 0 Å². The summed E-state index contributed by atoms with van der Waals surface area (Å²) in [7, 11) is 0. The molecule has 1 atom stereocenters. The number of para-hydroxylation sites is 1. The highest BCUT2D eigenvalue weighted by Crippen LogP contribution is 2.32. The van der Waals surface area contributed by atoms with Gasteiger partial charge in [-0.2, -0.15) is 5.26 Å². The van der Waals surface area contributed by atoms with Gasteiger partial charge in [-0.05, 0) is 36.4 Å². The van der Waals surface area contributed by atoms with Gasteiger partial charge >= 0.3 is 5.97 Å². The van der Waals surface area contributed by atoms with E-state index < -0.39 is 23.0 Å². The second kappa shape index (κ2) is 8.77. The molecule has 0 aliphatic carbocycles. The number of aromatic carboxylic acids is 1. The zero-order valence-electron chi connectivity index (χ0n) is 14.7. The molecule has 2 aromatic rings. The number of anilines is 1. The van der Waals surface area contributed by atoms with E-state index in [1.807, 2.05) is 0 Å². The Kier molecular flexibility index (Phi) is 6.16. The van der Waals surface area contributed by atoms with Crippen molar-refractivity contribution in [3.8, 4) is 6.19 Å². The third-order valence-corrected chi connectivity index (χ3v) is 5.36. The van der Waals surface area contributed by atoms with Gasteiger partial charge in [-0.15, -0.1) is 0 Å².